The number of piperidine rings is 1. The van der Waals surface area contributed by atoms with Gasteiger partial charge in [-0.1, -0.05) is 5.16 Å². The number of nitrogens with zero attached hydrogens (tertiary/aromatic N) is 2. The molecule has 0 radical (unpaired) electrons. The molecule has 0 aromatic carbocycles. The van der Waals surface area contributed by atoms with E-state index in [0.29, 0.717) is 24.7 Å². The molecule has 2 rings (SSSR count). The van der Waals surface area contributed by atoms with Gasteiger partial charge in [-0.25, -0.2) is 0 Å². The Hall–Kier alpha value is -1.16. The number of carbonyl (C=O) groups is 1. The Balaban J connectivity index is 1.97. The van der Waals surface area contributed by atoms with Crippen molar-refractivity contribution in [2.45, 2.75) is 39.3 Å². The first-order valence-electron chi connectivity index (χ1n) is 5.33. The molecule has 0 aliphatic carbocycles. The molecule has 4 heteroatoms. The fraction of sp³-hybridized carbons (Fsp3) is 0.636. The van der Waals surface area contributed by atoms with E-state index < -0.39 is 0 Å². The van der Waals surface area contributed by atoms with E-state index in [1.165, 1.54) is 0 Å². The van der Waals surface area contributed by atoms with Crippen LogP contribution in [0.2, 0.25) is 0 Å². The summed E-state index contributed by atoms with van der Waals surface area (Å²) in [6.07, 6.45) is 1.32. The van der Waals surface area contributed by atoms with Gasteiger partial charge in [-0.05, 0) is 13.8 Å². The third-order valence-electron chi connectivity index (χ3n) is 2.86. The average Bonchev–Trinajstić information content (AvgIpc) is 2.56. The Morgan fingerprint density at radius 2 is 2.47 bits per heavy atom. The highest BCUT2D eigenvalue weighted by molar-refractivity contribution is 5.79. The van der Waals surface area contributed by atoms with Gasteiger partial charge in [-0.3, -0.25) is 9.69 Å². The highest BCUT2D eigenvalue weighted by Crippen LogP contribution is 2.17. The molecular weight excluding hydrogens is 192 g/mol. The summed E-state index contributed by atoms with van der Waals surface area (Å²) >= 11 is 0. The number of aryl methyl sites for hydroxylation is 1. The van der Waals surface area contributed by atoms with Crippen molar-refractivity contribution in [3.8, 4) is 0 Å². The third kappa shape index (κ3) is 2.45. The van der Waals surface area contributed by atoms with Crippen LogP contribution in [-0.4, -0.2) is 28.4 Å². The number of Topliss-reactive ketones (excluding diaryl/α,β-unsaturated/α-hetero) is 1. The summed E-state index contributed by atoms with van der Waals surface area (Å²) in [5.74, 6) is 1.25. The second-order valence-electron chi connectivity index (χ2n) is 4.25. The highest BCUT2D eigenvalue weighted by atomic mass is 16.5. The largest absolute Gasteiger partial charge is 0.360 e. The van der Waals surface area contributed by atoms with Gasteiger partial charge in [0, 0.05) is 31.5 Å². The summed E-state index contributed by atoms with van der Waals surface area (Å²) in [6.45, 7) is 5.59. The second kappa shape index (κ2) is 4.14. The first-order valence-corrected chi connectivity index (χ1v) is 5.33. The molecule has 1 aromatic heterocycles. The molecule has 1 aliphatic rings. The first-order chi connectivity index (χ1) is 7.15. The molecule has 0 bridgehead atoms. The quantitative estimate of drug-likeness (QED) is 0.739. The molecular formula is C11H16N2O2. The lowest BCUT2D eigenvalue weighted by Crippen LogP contribution is -2.40. The molecule has 4 nitrogen and oxygen atoms in total. The molecule has 0 N–H and O–H groups in total. The van der Waals surface area contributed by atoms with Crippen LogP contribution in [0.1, 0.15) is 31.2 Å². The number of likely N-dealkylation sites (tertiary alicyclic amines) is 1. The van der Waals surface area contributed by atoms with Crippen LogP contribution < -0.4 is 0 Å². The Kier molecular flexibility index (Phi) is 2.86. The number of rotatable bonds is 2. The molecule has 0 saturated carbocycles. The van der Waals surface area contributed by atoms with Crippen molar-refractivity contribution >= 4 is 5.78 Å². The lowest BCUT2D eigenvalue weighted by Gasteiger charge is -2.31. The van der Waals surface area contributed by atoms with Crippen molar-refractivity contribution in [1.82, 2.24) is 10.1 Å². The van der Waals surface area contributed by atoms with Crippen LogP contribution in [-0.2, 0) is 11.3 Å². The Bertz CT molecular complexity index is 359. The van der Waals surface area contributed by atoms with Crippen molar-refractivity contribution in [3.63, 3.8) is 0 Å². The topological polar surface area (TPSA) is 46.3 Å². The number of hydrogen-bond acceptors (Lipinski definition) is 4. The maximum Gasteiger partial charge on any atom is 0.150 e. The summed E-state index contributed by atoms with van der Waals surface area (Å²) in [7, 11) is 0. The lowest BCUT2D eigenvalue weighted by atomic mass is 10.0. The summed E-state index contributed by atoms with van der Waals surface area (Å²) in [5, 5.41) is 3.85. The van der Waals surface area contributed by atoms with Crippen LogP contribution in [0.3, 0.4) is 0 Å². The van der Waals surface area contributed by atoms with Gasteiger partial charge in [0.05, 0.1) is 12.2 Å². The molecule has 1 saturated heterocycles. The van der Waals surface area contributed by atoms with E-state index in [9.17, 15) is 4.79 Å². The average molecular weight is 208 g/mol. The molecule has 82 valence electrons. The van der Waals surface area contributed by atoms with Crippen molar-refractivity contribution < 1.29 is 9.32 Å². The van der Waals surface area contributed by atoms with Crippen molar-refractivity contribution in [3.05, 3.63) is 17.5 Å². The second-order valence-corrected chi connectivity index (χ2v) is 4.25. The molecule has 1 aromatic rings. The lowest BCUT2D eigenvalue weighted by molar-refractivity contribution is -0.123. The van der Waals surface area contributed by atoms with Crippen LogP contribution in [0.5, 0.6) is 0 Å². The predicted octanol–water partition coefficient (Wildman–Crippen LogP) is 1.54. The van der Waals surface area contributed by atoms with Gasteiger partial charge < -0.3 is 4.52 Å². The van der Waals surface area contributed by atoms with E-state index in [2.05, 4.69) is 17.0 Å². The maximum absolute atomic E-state index is 11.2. The molecule has 2 heterocycles. The summed E-state index contributed by atoms with van der Waals surface area (Å²) in [4.78, 5) is 13.5. The molecule has 1 unspecified atom stereocenters. The molecule has 0 amide bonds. The Labute approximate surface area is 89.2 Å². The van der Waals surface area contributed by atoms with E-state index in [0.717, 1.165) is 24.5 Å². The van der Waals surface area contributed by atoms with E-state index in [1.807, 2.05) is 13.0 Å². The normalized spacial score (nSPS) is 23.3. The zero-order valence-electron chi connectivity index (χ0n) is 9.19. The fourth-order valence-electron chi connectivity index (χ4n) is 1.98. The summed E-state index contributed by atoms with van der Waals surface area (Å²) in [6, 6.07) is 2.26. The summed E-state index contributed by atoms with van der Waals surface area (Å²) < 4.78 is 5.17. The van der Waals surface area contributed by atoms with E-state index >= 15 is 0 Å². The number of aromatic nitrogens is 1. The van der Waals surface area contributed by atoms with Crippen molar-refractivity contribution in [2.24, 2.45) is 0 Å². The third-order valence-corrected chi connectivity index (χ3v) is 2.86. The van der Waals surface area contributed by atoms with E-state index in [1.54, 1.807) is 0 Å². The fourth-order valence-corrected chi connectivity index (χ4v) is 1.98. The van der Waals surface area contributed by atoms with E-state index in [4.69, 9.17) is 4.52 Å². The Morgan fingerprint density at radius 3 is 3.07 bits per heavy atom. The van der Waals surface area contributed by atoms with Gasteiger partial charge in [0.15, 0.2) is 5.76 Å². The van der Waals surface area contributed by atoms with Crippen LogP contribution in [0, 0.1) is 6.92 Å². The molecule has 1 atom stereocenters. The number of hydrogen-bond donors (Lipinski definition) is 0. The minimum absolute atomic E-state index is 0.316. The minimum Gasteiger partial charge on any atom is -0.360 e. The van der Waals surface area contributed by atoms with Crippen LogP contribution in [0.15, 0.2) is 10.6 Å². The highest BCUT2D eigenvalue weighted by Gasteiger charge is 2.24. The zero-order chi connectivity index (χ0) is 10.8. The van der Waals surface area contributed by atoms with Gasteiger partial charge in [-0.2, -0.15) is 0 Å². The van der Waals surface area contributed by atoms with Gasteiger partial charge >= 0.3 is 0 Å². The number of carbonyl (C=O) groups excluding carboxylic acids is 1. The van der Waals surface area contributed by atoms with Crippen LogP contribution in [0.4, 0.5) is 0 Å². The first kappa shape index (κ1) is 10.4. The zero-order valence-corrected chi connectivity index (χ0v) is 9.19. The van der Waals surface area contributed by atoms with E-state index in [-0.39, 0.29) is 0 Å². The molecule has 1 fully saturated rings. The molecule has 15 heavy (non-hydrogen) atoms. The smallest absolute Gasteiger partial charge is 0.150 e. The predicted molar refractivity (Wildman–Crippen MR) is 55.4 cm³/mol. The number of ketones is 1. The van der Waals surface area contributed by atoms with Crippen molar-refractivity contribution in [2.75, 3.05) is 6.54 Å². The van der Waals surface area contributed by atoms with Crippen LogP contribution >= 0.6 is 0 Å². The summed E-state index contributed by atoms with van der Waals surface area (Å²) in [5.41, 5.74) is 0.908. The van der Waals surface area contributed by atoms with Gasteiger partial charge in [0.1, 0.15) is 5.78 Å². The van der Waals surface area contributed by atoms with Gasteiger partial charge in [-0.15, -0.1) is 0 Å². The maximum atomic E-state index is 11.2. The van der Waals surface area contributed by atoms with Crippen molar-refractivity contribution in [1.29, 1.82) is 0 Å². The minimum atomic E-state index is 0.316. The standard InChI is InChI=1S/C11H16N2O2/c1-8-5-11(15-12-8)7-13-4-3-10(14)6-9(13)2/h5,9H,3-4,6-7H2,1-2H3. The van der Waals surface area contributed by atoms with Gasteiger partial charge in [0.2, 0.25) is 0 Å². The Morgan fingerprint density at radius 1 is 1.67 bits per heavy atom. The molecule has 0 spiro atoms. The van der Waals surface area contributed by atoms with Gasteiger partial charge in [0.25, 0.3) is 0 Å². The monoisotopic (exact) mass is 208 g/mol. The molecule has 1 aliphatic heterocycles. The SMILES string of the molecule is Cc1cc(CN2CCC(=O)CC2C)on1. The van der Waals surface area contributed by atoms with Crippen LogP contribution in [0.25, 0.3) is 0 Å².